The van der Waals surface area contributed by atoms with E-state index in [1.807, 2.05) is 6.07 Å². The molecule has 0 aliphatic carbocycles. The number of halogens is 1. The Labute approximate surface area is 125 Å². The van der Waals surface area contributed by atoms with Gasteiger partial charge in [0.1, 0.15) is 0 Å². The molecule has 2 aliphatic heterocycles. The van der Waals surface area contributed by atoms with E-state index in [2.05, 4.69) is 32.4 Å². The first-order valence-electron chi connectivity index (χ1n) is 6.51. The highest BCUT2D eigenvalue weighted by Crippen LogP contribution is 2.33. The third-order valence-corrected chi connectivity index (χ3v) is 4.22. The van der Waals surface area contributed by atoms with Crippen molar-refractivity contribution in [1.82, 2.24) is 5.01 Å². The van der Waals surface area contributed by atoms with Crippen molar-refractivity contribution in [1.29, 1.82) is 0 Å². The van der Waals surface area contributed by atoms with Gasteiger partial charge in [-0.3, -0.25) is 9.59 Å². The number of amides is 2. The van der Waals surface area contributed by atoms with Crippen LogP contribution in [0.3, 0.4) is 0 Å². The van der Waals surface area contributed by atoms with Gasteiger partial charge in [0.2, 0.25) is 11.8 Å². The number of rotatable bonds is 1. The van der Waals surface area contributed by atoms with Crippen LogP contribution in [0.4, 0.5) is 5.69 Å². The second kappa shape index (κ2) is 5.01. The topological polar surface area (TPSA) is 61.8 Å². The van der Waals surface area contributed by atoms with Gasteiger partial charge < -0.3 is 5.32 Å². The minimum Gasteiger partial charge on any atom is -0.325 e. The number of carbonyl (C=O) groups is 2. The quantitative estimate of drug-likeness (QED) is 0.855. The number of carbonyl (C=O) groups excluding carboxylic acids is 2. The highest BCUT2D eigenvalue weighted by Gasteiger charge is 2.22. The van der Waals surface area contributed by atoms with Crippen molar-refractivity contribution in [3.8, 4) is 0 Å². The standard InChI is InChI=1S/C14H14BrN3O2/c1-18-13(20)5-3-11(17-18)9-6-8-2-4-12(19)16-14(8)10(15)7-9/h6-7H,2-5H2,1H3,(H,16,19). The Balaban J connectivity index is 2.00. The Morgan fingerprint density at radius 3 is 2.75 bits per heavy atom. The number of anilines is 1. The van der Waals surface area contributed by atoms with Crippen molar-refractivity contribution in [3.63, 3.8) is 0 Å². The third-order valence-electron chi connectivity index (χ3n) is 3.60. The summed E-state index contributed by atoms with van der Waals surface area (Å²) in [4.78, 5) is 22.9. The minimum atomic E-state index is 0.0399. The molecule has 0 radical (unpaired) electrons. The molecule has 104 valence electrons. The van der Waals surface area contributed by atoms with Crippen molar-refractivity contribution in [2.75, 3.05) is 12.4 Å². The van der Waals surface area contributed by atoms with Crippen molar-refractivity contribution < 1.29 is 9.59 Å². The lowest BCUT2D eigenvalue weighted by Crippen LogP contribution is -2.28. The average molecular weight is 336 g/mol. The number of fused-ring (bicyclic) bond motifs is 1. The van der Waals surface area contributed by atoms with Crippen LogP contribution in [0.5, 0.6) is 0 Å². The van der Waals surface area contributed by atoms with E-state index in [0.717, 1.165) is 33.4 Å². The number of hydrazone groups is 1. The molecule has 0 spiro atoms. The van der Waals surface area contributed by atoms with E-state index in [0.29, 0.717) is 19.3 Å². The molecule has 2 heterocycles. The molecule has 0 aromatic heterocycles. The highest BCUT2D eigenvalue weighted by molar-refractivity contribution is 9.10. The van der Waals surface area contributed by atoms with E-state index in [4.69, 9.17) is 0 Å². The second-order valence-electron chi connectivity index (χ2n) is 5.00. The van der Waals surface area contributed by atoms with Gasteiger partial charge in [0.15, 0.2) is 0 Å². The summed E-state index contributed by atoms with van der Waals surface area (Å²) in [7, 11) is 1.68. The van der Waals surface area contributed by atoms with Crippen LogP contribution in [0.2, 0.25) is 0 Å². The zero-order valence-corrected chi connectivity index (χ0v) is 12.7. The first-order valence-corrected chi connectivity index (χ1v) is 7.30. The Morgan fingerprint density at radius 2 is 2.00 bits per heavy atom. The molecule has 1 aromatic rings. The van der Waals surface area contributed by atoms with Gasteiger partial charge in [-0.25, -0.2) is 5.01 Å². The van der Waals surface area contributed by atoms with Gasteiger partial charge in [-0.1, -0.05) is 0 Å². The van der Waals surface area contributed by atoms with Crippen molar-refractivity contribution in [2.24, 2.45) is 5.10 Å². The molecule has 2 aliphatic rings. The van der Waals surface area contributed by atoms with Crippen LogP contribution in [-0.4, -0.2) is 29.6 Å². The van der Waals surface area contributed by atoms with Gasteiger partial charge in [-0.05, 0) is 45.6 Å². The number of hydrogen-bond donors (Lipinski definition) is 1. The van der Waals surface area contributed by atoms with Crippen LogP contribution in [0.1, 0.15) is 30.4 Å². The van der Waals surface area contributed by atoms with E-state index in [9.17, 15) is 9.59 Å². The van der Waals surface area contributed by atoms with Gasteiger partial charge in [-0.2, -0.15) is 5.10 Å². The Hall–Kier alpha value is -1.69. The Kier molecular flexibility index (Phi) is 3.33. The normalized spacial score (nSPS) is 18.5. The van der Waals surface area contributed by atoms with Crippen LogP contribution in [-0.2, 0) is 16.0 Å². The molecule has 0 fully saturated rings. The summed E-state index contributed by atoms with van der Waals surface area (Å²) >= 11 is 3.50. The van der Waals surface area contributed by atoms with Crippen molar-refractivity contribution in [2.45, 2.75) is 25.7 Å². The molecule has 2 amide bonds. The zero-order chi connectivity index (χ0) is 14.3. The summed E-state index contributed by atoms with van der Waals surface area (Å²) in [6, 6.07) is 4.01. The Morgan fingerprint density at radius 1 is 1.20 bits per heavy atom. The van der Waals surface area contributed by atoms with Crippen molar-refractivity contribution in [3.05, 3.63) is 27.7 Å². The van der Waals surface area contributed by atoms with Gasteiger partial charge in [0.25, 0.3) is 0 Å². The molecule has 5 nitrogen and oxygen atoms in total. The minimum absolute atomic E-state index is 0.0399. The number of hydrogen-bond acceptors (Lipinski definition) is 3. The smallest absolute Gasteiger partial charge is 0.242 e. The summed E-state index contributed by atoms with van der Waals surface area (Å²) < 4.78 is 0.861. The van der Waals surface area contributed by atoms with Gasteiger partial charge >= 0.3 is 0 Å². The summed E-state index contributed by atoms with van der Waals surface area (Å²) in [5.74, 6) is 0.0873. The fraction of sp³-hybridized carbons (Fsp3) is 0.357. The largest absolute Gasteiger partial charge is 0.325 e. The molecule has 0 unspecified atom stereocenters. The maximum atomic E-state index is 11.5. The molecular formula is C14H14BrN3O2. The van der Waals surface area contributed by atoms with E-state index in [1.165, 1.54) is 5.01 Å². The first kappa shape index (κ1) is 13.3. The predicted molar refractivity (Wildman–Crippen MR) is 79.6 cm³/mol. The average Bonchev–Trinajstić information content (AvgIpc) is 2.42. The van der Waals surface area contributed by atoms with Gasteiger partial charge in [0.05, 0.1) is 11.4 Å². The molecule has 3 rings (SSSR count). The van der Waals surface area contributed by atoms with E-state index >= 15 is 0 Å². The van der Waals surface area contributed by atoms with Crippen LogP contribution in [0.15, 0.2) is 21.7 Å². The van der Waals surface area contributed by atoms with E-state index in [1.54, 1.807) is 7.05 Å². The maximum absolute atomic E-state index is 11.5. The zero-order valence-electron chi connectivity index (χ0n) is 11.1. The second-order valence-corrected chi connectivity index (χ2v) is 5.86. The predicted octanol–water partition coefficient (Wildman–Crippen LogP) is 2.29. The summed E-state index contributed by atoms with van der Waals surface area (Å²) in [6.45, 7) is 0. The molecule has 0 saturated heterocycles. The van der Waals surface area contributed by atoms with Gasteiger partial charge in [-0.15, -0.1) is 0 Å². The molecule has 0 saturated carbocycles. The SMILES string of the molecule is CN1N=C(c2cc(Br)c3c(c2)CCC(=O)N3)CCC1=O. The van der Waals surface area contributed by atoms with Crippen LogP contribution >= 0.6 is 15.9 Å². The monoisotopic (exact) mass is 335 g/mol. The molecule has 20 heavy (non-hydrogen) atoms. The Bertz CT molecular complexity index is 640. The lowest BCUT2D eigenvalue weighted by atomic mass is 9.96. The fourth-order valence-electron chi connectivity index (χ4n) is 2.49. The number of nitrogens with one attached hydrogen (secondary N) is 1. The third kappa shape index (κ3) is 2.35. The number of benzene rings is 1. The van der Waals surface area contributed by atoms with Crippen LogP contribution in [0, 0.1) is 0 Å². The molecule has 1 aromatic carbocycles. The molecule has 6 heteroatoms. The van der Waals surface area contributed by atoms with Gasteiger partial charge in [0, 0.05) is 30.8 Å². The summed E-state index contributed by atoms with van der Waals surface area (Å²) in [5, 5.41) is 8.61. The summed E-state index contributed by atoms with van der Waals surface area (Å²) in [6.07, 6.45) is 2.38. The lowest BCUT2D eigenvalue weighted by molar-refractivity contribution is -0.130. The molecule has 0 atom stereocenters. The molecule has 1 N–H and O–H groups in total. The summed E-state index contributed by atoms with van der Waals surface area (Å²) in [5.41, 5.74) is 3.88. The van der Waals surface area contributed by atoms with Crippen LogP contribution < -0.4 is 5.32 Å². The van der Waals surface area contributed by atoms with E-state index in [-0.39, 0.29) is 11.8 Å². The molecule has 0 bridgehead atoms. The number of aryl methyl sites for hydroxylation is 1. The van der Waals surface area contributed by atoms with E-state index < -0.39 is 0 Å². The highest BCUT2D eigenvalue weighted by atomic mass is 79.9. The number of nitrogens with zero attached hydrogens (tertiary/aromatic N) is 2. The maximum Gasteiger partial charge on any atom is 0.242 e. The molecular weight excluding hydrogens is 322 g/mol. The van der Waals surface area contributed by atoms with Crippen LogP contribution in [0.25, 0.3) is 0 Å². The lowest BCUT2D eigenvalue weighted by Gasteiger charge is -2.23. The fourth-order valence-corrected chi connectivity index (χ4v) is 3.09. The van der Waals surface area contributed by atoms with Crippen molar-refractivity contribution >= 4 is 39.1 Å². The first-order chi connectivity index (χ1) is 9.54.